The number of carbonyl (C=O) groups is 4. The Labute approximate surface area is 275 Å². The number of hydrogen-bond donors (Lipinski definition) is 0. The van der Waals surface area contributed by atoms with E-state index in [1.165, 1.54) is 0 Å². The van der Waals surface area contributed by atoms with Crippen LogP contribution in [0.1, 0.15) is 66.4 Å². The molecule has 9 heteroatoms. The van der Waals surface area contributed by atoms with E-state index in [0.717, 1.165) is 0 Å². The summed E-state index contributed by atoms with van der Waals surface area (Å²) in [6.07, 6.45) is 0. The van der Waals surface area contributed by atoms with E-state index >= 15 is 0 Å². The Kier molecular flexibility index (Phi) is 14.2. The van der Waals surface area contributed by atoms with E-state index in [1.807, 2.05) is 0 Å². The van der Waals surface area contributed by atoms with E-state index < -0.39 is 34.7 Å². The number of carbonyl (C=O) groups excluding carboxylic acids is 4. The van der Waals surface area contributed by atoms with Crippen LogP contribution in [0.5, 0.6) is 0 Å². The number of allylic oxidation sites excluding steroid dienone is 2. The van der Waals surface area contributed by atoms with Gasteiger partial charge in [-0.05, 0) is 11.1 Å². The van der Waals surface area contributed by atoms with Crippen LogP contribution < -0.4 is 20.4 Å². The zero-order chi connectivity index (χ0) is 32.2. The van der Waals surface area contributed by atoms with Gasteiger partial charge in [-0.2, -0.15) is 0 Å². The first kappa shape index (κ1) is 36.5. The van der Waals surface area contributed by atoms with E-state index in [4.69, 9.17) is 10.2 Å². The third-order valence-electron chi connectivity index (χ3n) is 6.27. The zero-order valence-electron chi connectivity index (χ0n) is 24.6. The predicted octanol–water partition coefficient (Wildman–Crippen LogP) is 2.41. The first-order chi connectivity index (χ1) is 21.2. The summed E-state index contributed by atoms with van der Waals surface area (Å²) in [4.78, 5) is 48.6. The second-order valence-corrected chi connectivity index (χ2v) is 9.13. The third kappa shape index (κ3) is 8.26. The van der Waals surface area contributed by atoms with E-state index in [1.54, 1.807) is 123 Å². The van der Waals surface area contributed by atoms with Crippen LogP contribution >= 0.6 is 0 Å². The van der Waals surface area contributed by atoms with Crippen LogP contribution in [0.4, 0.5) is 0 Å². The van der Waals surface area contributed by atoms with E-state index in [0.29, 0.717) is 33.4 Å². The molecule has 2 aliphatic rings. The van der Waals surface area contributed by atoms with Crippen LogP contribution in [0.3, 0.4) is 0 Å². The molecule has 0 fully saturated rings. The number of ketones is 4. The van der Waals surface area contributed by atoms with E-state index in [2.05, 4.69) is 0 Å². The Morgan fingerprint density at radius 1 is 0.444 bits per heavy atom. The number of benzene rings is 4. The summed E-state index contributed by atoms with van der Waals surface area (Å²) in [5.41, 5.74) is 1.44. The molecule has 0 heterocycles. The van der Waals surface area contributed by atoms with Crippen LogP contribution in [0.2, 0.25) is 0 Å². The number of fused-ring (bicyclic) bond motifs is 2. The van der Waals surface area contributed by atoms with Gasteiger partial charge in [0.1, 0.15) is 0 Å². The average molecular weight is 636 g/mol. The molecule has 0 bridgehead atoms. The zero-order valence-corrected chi connectivity index (χ0v) is 26.1. The van der Waals surface area contributed by atoms with Crippen molar-refractivity contribution in [3.8, 4) is 0 Å². The molecule has 0 spiro atoms. The minimum Gasteiger partial charge on any atom is -0.871 e. The maximum absolute atomic E-state index is 12.3. The van der Waals surface area contributed by atoms with Gasteiger partial charge >= 0.3 is 21.7 Å². The monoisotopic (exact) mass is 636 g/mol. The SMILES string of the molecule is CC[O-].CC[O-].O=C1C(=C([O-])c2ccccc2)C(=O)c2ccccc21.O=C1C(=C([O-])c2ccccc2)C(=O)c2ccccc21.[Ti+4]. The molecule has 0 unspecified atom stereocenters. The summed E-state index contributed by atoms with van der Waals surface area (Å²) in [6, 6.07) is 29.7. The summed E-state index contributed by atoms with van der Waals surface area (Å²) in [7, 11) is 0. The summed E-state index contributed by atoms with van der Waals surface area (Å²) in [5.74, 6) is -2.92. The Bertz CT molecular complexity index is 1520. The van der Waals surface area contributed by atoms with Gasteiger partial charge in [0.05, 0.1) is 11.1 Å². The second-order valence-electron chi connectivity index (χ2n) is 9.13. The van der Waals surface area contributed by atoms with Gasteiger partial charge < -0.3 is 20.4 Å². The van der Waals surface area contributed by atoms with Crippen LogP contribution in [-0.4, -0.2) is 36.3 Å². The second kappa shape index (κ2) is 17.5. The van der Waals surface area contributed by atoms with Gasteiger partial charge in [-0.15, -0.1) is 13.2 Å². The molecule has 6 rings (SSSR count). The molecule has 0 aliphatic heterocycles. The van der Waals surface area contributed by atoms with Crippen LogP contribution in [0.15, 0.2) is 120 Å². The molecule has 0 saturated heterocycles. The summed E-state index contributed by atoms with van der Waals surface area (Å²) >= 11 is 0. The van der Waals surface area contributed by atoms with Crippen molar-refractivity contribution in [3.63, 3.8) is 0 Å². The molecular formula is C36H28O8Ti. The van der Waals surface area contributed by atoms with Crippen LogP contribution in [0, 0.1) is 0 Å². The Morgan fingerprint density at radius 3 is 0.867 bits per heavy atom. The molecule has 0 saturated carbocycles. The maximum Gasteiger partial charge on any atom is 4.00 e. The molecule has 45 heavy (non-hydrogen) atoms. The Balaban J connectivity index is 0.000000262. The summed E-state index contributed by atoms with van der Waals surface area (Å²) in [5, 5.41) is 42.4. The van der Waals surface area contributed by atoms with Crippen molar-refractivity contribution in [3.05, 3.63) is 154 Å². The van der Waals surface area contributed by atoms with E-state index in [-0.39, 0.29) is 46.1 Å². The molecule has 4 aromatic carbocycles. The molecule has 0 radical (unpaired) electrons. The van der Waals surface area contributed by atoms with Crippen molar-refractivity contribution in [2.45, 2.75) is 13.8 Å². The third-order valence-corrected chi connectivity index (χ3v) is 6.27. The van der Waals surface area contributed by atoms with Crippen molar-refractivity contribution >= 4 is 34.7 Å². The summed E-state index contributed by atoms with van der Waals surface area (Å²) < 4.78 is 0. The fourth-order valence-corrected chi connectivity index (χ4v) is 4.38. The molecule has 4 aromatic rings. The first-order valence-corrected chi connectivity index (χ1v) is 13.7. The molecule has 2 aliphatic carbocycles. The van der Waals surface area contributed by atoms with Gasteiger partial charge in [-0.25, -0.2) is 0 Å². The van der Waals surface area contributed by atoms with E-state index in [9.17, 15) is 29.4 Å². The largest absolute Gasteiger partial charge is 4.00 e. The van der Waals surface area contributed by atoms with Crippen LogP contribution in [0.25, 0.3) is 11.5 Å². The molecule has 8 nitrogen and oxygen atoms in total. The molecular weight excluding hydrogens is 608 g/mol. The predicted molar refractivity (Wildman–Crippen MR) is 158 cm³/mol. The Hall–Kier alpha value is -4.73. The van der Waals surface area contributed by atoms with Crippen LogP contribution in [-0.2, 0) is 21.7 Å². The van der Waals surface area contributed by atoms with Gasteiger partial charge in [0, 0.05) is 22.3 Å². The van der Waals surface area contributed by atoms with Crippen molar-refractivity contribution < 1.29 is 61.3 Å². The van der Waals surface area contributed by atoms with Gasteiger partial charge in [0.15, 0.2) is 23.1 Å². The average Bonchev–Trinajstić information content (AvgIpc) is 3.46. The topological polar surface area (TPSA) is 161 Å². The molecule has 0 aromatic heterocycles. The Morgan fingerprint density at radius 2 is 0.644 bits per heavy atom. The first-order valence-electron chi connectivity index (χ1n) is 13.7. The quantitative estimate of drug-likeness (QED) is 0.140. The molecule has 0 atom stereocenters. The van der Waals surface area contributed by atoms with Crippen molar-refractivity contribution in [1.82, 2.24) is 0 Å². The normalized spacial score (nSPS) is 12.3. The standard InChI is InChI=1S/2C16H10O3.2C2H5O.Ti/c2*17-14(10-6-2-1-3-7-10)13-15(18)11-8-4-5-9-12(11)16(13)19;2*1-2-3;/h2*1-9,17H;2*2H2,1H3;/q;;2*-1;+4/p-2. The molecule has 0 amide bonds. The van der Waals surface area contributed by atoms with Crippen molar-refractivity contribution in [2.24, 2.45) is 0 Å². The molecule has 224 valence electrons. The number of Topliss-reactive ketones (excluding diaryl/α,β-unsaturated/α-hetero) is 4. The number of rotatable bonds is 2. The minimum absolute atomic E-state index is 0. The smallest absolute Gasteiger partial charge is 0.871 e. The van der Waals surface area contributed by atoms with Gasteiger partial charge in [0.25, 0.3) is 0 Å². The van der Waals surface area contributed by atoms with Gasteiger partial charge in [0.2, 0.25) is 0 Å². The van der Waals surface area contributed by atoms with Gasteiger partial charge in [-0.3, -0.25) is 19.2 Å². The van der Waals surface area contributed by atoms with Crippen molar-refractivity contribution in [2.75, 3.05) is 13.2 Å². The number of hydrogen-bond acceptors (Lipinski definition) is 8. The fraction of sp³-hybridized carbons (Fsp3) is 0.111. The fourth-order valence-electron chi connectivity index (χ4n) is 4.38. The maximum atomic E-state index is 12.3. The molecule has 0 N–H and O–H groups in total. The minimum atomic E-state index is -0.508. The van der Waals surface area contributed by atoms with Crippen molar-refractivity contribution in [1.29, 1.82) is 0 Å². The van der Waals surface area contributed by atoms with Gasteiger partial charge in [-0.1, -0.05) is 135 Å². The summed E-state index contributed by atoms with van der Waals surface area (Å²) in [6.45, 7) is 3.14.